The maximum Gasteiger partial charge on any atom is 0.264 e. The van der Waals surface area contributed by atoms with Gasteiger partial charge in [0, 0.05) is 48.8 Å². The number of imide groups is 2. The number of halogens is 1. The van der Waals surface area contributed by atoms with Crippen molar-refractivity contribution in [2.24, 2.45) is 7.05 Å². The van der Waals surface area contributed by atoms with E-state index in [1.54, 1.807) is 42.8 Å². The molecule has 0 radical (unpaired) electrons. The molecule has 1 saturated heterocycles. The number of rotatable bonds is 14. The molecule has 0 spiro atoms. The van der Waals surface area contributed by atoms with Crippen molar-refractivity contribution >= 4 is 68.6 Å². The highest BCUT2D eigenvalue weighted by Gasteiger charge is 2.45. The molecule has 0 aliphatic carbocycles. The molecule has 4 aromatic carbocycles. The van der Waals surface area contributed by atoms with Crippen LogP contribution < -0.4 is 30.9 Å². The van der Waals surface area contributed by atoms with Gasteiger partial charge in [-0.2, -0.15) is 0 Å². The Hall–Kier alpha value is -7.82. The minimum atomic E-state index is -1.11. The zero-order chi connectivity index (χ0) is 46.1. The van der Waals surface area contributed by atoms with Crippen LogP contribution in [0.5, 0.6) is 17.4 Å². The van der Waals surface area contributed by atoms with E-state index in [0.717, 1.165) is 28.5 Å². The summed E-state index contributed by atoms with van der Waals surface area (Å²) in [7, 11) is 1.78. The van der Waals surface area contributed by atoms with E-state index in [-0.39, 0.29) is 64.9 Å². The number of unbranched alkanes of at least 4 members (excludes halogenated alkanes) is 2. The Morgan fingerprint density at radius 3 is 2.48 bits per heavy atom. The Labute approximate surface area is 371 Å². The first-order valence-electron chi connectivity index (χ1n) is 21.2. The second kappa shape index (κ2) is 18.1. The normalized spacial score (nSPS) is 14.7. The molecule has 6 aromatic rings. The molecule has 2 aliphatic heterocycles. The summed E-state index contributed by atoms with van der Waals surface area (Å²) in [5.41, 5.74) is 3.34. The lowest BCUT2D eigenvalue weighted by molar-refractivity contribution is -0.136. The SMILES string of the molecule is CCc1ccc2c(c1)c(=O)c(C(=O)Nc1ccc(Oc3ncnc4cc(OCCCCCC(=O)Nc5cccc6c5C(=O)N(C5CCC(=O)NC5=O)C6=O)c(C)cc34)c(F)c1)c(C)n2C. The second-order valence-corrected chi connectivity index (χ2v) is 16.0. The quantitative estimate of drug-likeness (QED) is 0.0764. The topological polar surface area (TPSA) is 208 Å². The van der Waals surface area contributed by atoms with Gasteiger partial charge >= 0.3 is 0 Å². The number of aromatic nitrogens is 3. The fourth-order valence-electron chi connectivity index (χ4n) is 8.14. The predicted molar refractivity (Wildman–Crippen MR) is 238 cm³/mol. The summed E-state index contributed by atoms with van der Waals surface area (Å²) >= 11 is 0. The van der Waals surface area contributed by atoms with Crippen LogP contribution in [-0.2, 0) is 27.9 Å². The largest absolute Gasteiger partial charge is 0.493 e. The Balaban J connectivity index is 0.842. The van der Waals surface area contributed by atoms with Gasteiger partial charge in [-0.15, -0.1) is 0 Å². The first-order chi connectivity index (χ1) is 31.2. The first-order valence-corrected chi connectivity index (χ1v) is 21.2. The summed E-state index contributed by atoms with van der Waals surface area (Å²) in [5.74, 6) is -3.81. The third-order valence-corrected chi connectivity index (χ3v) is 11.7. The number of nitrogens with zero attached hydrogens (tertiary/aromatic N) is 4. The van der Waals surface area contributed by atoms with E-state index in [4.69, 9.17) is 9.47 Å². The van der Waals surface area contributed by atoms with Crippen molar-refractivity contribution < 1.29 is 42.6 Å². The maximum atomic E-state index is 15.5. The number of aryl methyl sites for hydroxylation is 3. The molecule has 8 rings (SSSR count). The van der Waals surface area contributed by atoms with Crippen LogP contribution in [0.25, 0.3) is 21.8 Å². The van der Waals surface area contributed by atoms with Gasteiger partial charge in [-0.05, 0) is 99.5 Å². The van der Waals surface area contributed by atoms with Gasteiger partial charge in [-0.1, -0.05) is 19.1 Å². The number of hydrogen-bond acceptors (Lipinski definition) is 11. The van der Waals surface area contributed by atoms with Crippen LogP contribution in [0.1, 0.15) is 93.3 Å². The summed E-state index contributed by atoms with van der Waals surface area (Å²) in [6.07, 6.45) is 3.95. The highest BCUT2D eigenvalue weighted by Crippen LogP contribution is 2.35. The Kier molecular flexibility index (Phi) is 12.2. The summed E-state index contributed by atoms with van der Waals surface area (Å²) in [5, 5.41) is 8.49. The lowest BCUT2D eigenvalue weighted by Crippen LogP contribution is -2.54. The lowest BCUT2D eigenvalue weighted by Gasteiger charge is -2.27. The van der Waals surface area contributed by atoms with Gasteiger partial charge < -0.3 is 24.7 Å². The van der Waals surface area contributed by atoms with Crippen molar-refractivity contribution in [2.45, 2.75) is 71.8 Å². The summed E-state index contributed by atoms with van der Waals surface area (Å²) < 4.78 is 29.3. The fraction of sp³-hybridized carbons (Fsp3) is 0.271. The van der Waals surface area contributed by atoms with Crippen LogP contribution in [0, 0.1) is 19.7 Å². The minimum absolute atomic E-state index is 0.00115. The number of fused-ring (bicyclic) bond motifs is 3. The number of hydrogen-bond donors (Lipinski definition) is 3. The average molecular weight is 882 g/mol. The zero-order valence-electron chi connectivity index (χ0n) is 36.0. The standard InChI is InChI=1S/C48H44FN7O9/c1-5-27-13-15-35-31(21-27)43(59)41(26(3)55(35)4)45(61)52-28-14-17-37(32(49)22-28)65-46-30-20-25(2)38(23-34(30)50-24-51-46)64-19-8-6-7-12-39(57)53-33-11-9-10-29-42(33)48(63)56(47(29)62)36-16-18-40(58)54-44(36)60/h9-11,13-15,17,20-24,36H,5-8,12,16,18-19H2,1-4H3,(H,52,61)(H,53,57)(H,54,58,60). The number of amides is 6. The van der Waals surface area contributed by atoms with Gasteiger partial charge in [0.25, 0.3) is 17.7 Å². The van der Waals surface area contributed by atoms with E-state index in [9.17, 15) is 33.6 Å². The van der Waals surface area contributed by atoms with Crippen molar-refractivity contribution in [3.63, 3.8) is 0 Å². The maximum absolute atomic E-state index is 15.5. The van der Waals surface area contributed by atoms with Crippen LogP contribution in [0.15, 0.2) is 77.9 Å². The third-order valence-electron chi connectivity index (χ3n) is 11.7. The molecule has 6 amide bonds. The molecule has 1 unspecified atom stereocenters. The monoisotopic (exact) mass is 881 g/mol. The molecule has 2 aromatic heterocycles. The number of pyridine rings is 1. The Morgan fingerprint density at radius 1 is 0.892 bits per heavy atom. The van der Waals surface area contributed by atoms with Gasteiger partial charge in [0.05, 0.1) is 39.8 Å². The average Bonchev–Trinajstić information content (AvgIpc) is 3.53. The molecule has 0 bridgehead atoms. The van der Waals surface area contributed by atoms with Gasteiger partial charge in [0.15, 0.2) is 11.6 Å². The molecule has 2 aliphatic rings. The smallest absolute Gasteiger partial charge is 0.264 e. The van der Waals surface area contributed by atoms with Crippen molar-refractivity contribution in [3.8, 4) is 17.4 Å². The van der Waals surface area contributed by atoms with Gasteiger partial charge in [-0.25, -0.2) is 14.4 Å². The third kappa shape index (κ3) is 8.64. The molecule has 0 saturated carbocycles. The van der Waals surface area contributed by atoms with E-state index < -0.39 is 46.8 Å². The highest BCUT2D eigenvalue weighted by atomic mass is 19.1. The van der Waals surface area contributed by atoms with Crippen LogP contribution in [-0.4, -0.2) is 67.5 Å². The van der Waals surface area contributed by atoms with E-state index in [1.807, 2.05) is 26.0 Å². The molecular weight excluding hydrogens is 838 g/mol. The fourth-order valence-corrected chi connectivity index (χ4v) is 8.14. The number of nitrogens with one attached hydrogen (secondary N) is 3. The number of benzene rings is 4. The molecule has 17 heteroatoms. The number of piperidine rings is 1. The molecule has 16 nitrogen and oxygen atoms in total. The van der Waals surface area contributed by atoms with E-state index >= 15 is 4.39 Å². The molecule has 1 fully saturated rings. The van der Waals surface area contributed by atoms with Crippen LogP contribution in [0.2, 0.25) is 0 Å². The summed E-state index contributed by atoms with van der Waals surface area (Å²) in [6, 6.07) is 16.5. The van der Waals surface area contributed by atoms with E-state index in [2.05, 4.69) is 25.9 Å². The first kappa shape index (κ1) is 43.8. The summed E-state index contributed by atoms with van der Waals surface area (Å²) in [4.78, 5) is 99.8. The van der Waals surface area contributed by atoms with Crippen molar-refractivity contribution in [2.75, 3.05) is 17.2 Å². The minimum Gasteiger partial charge on any atom is -0.493 e. The predicted octanol–water partition coefficient (Wildman–Crippen LogP) is 6.82. The number of ether oxygens (including phenoxy) is 2. The van der Waals surface area contributed by atoms with Crippen molar-refractivity contribution in [1.82, 2.24) is 24.8 Å². The molecule has 4 heterocycles. The number of carbonyl (C=O) groups is 6. The number of carbonyl (C=O) groups excluding carboxylic acids is 6. The molecule has 3 N–H and O–H groups in total. The second-order valence-electron chi connectivity index (χ2n) is 16.0. The number of anilines is 2. The van der Waals surface area contributed by atoms with Crippen molar-refractivity contribution in [3.05, 3.63) is 123 Å². The van der Waals surface area contributed by atoms with Crippen LogP contribution >= 0.6 is 0 Å². The summed E-state index contributed by atoms with van der Waals surface area (Å²) in [6.45, 7) is 5.85. The van der Waals surface area contributed by atoms with E-state index in [0.29, 0.717) is 59.1 Å². The molecule has 1 atom stereocenters. The van der Waals surface area contributed by atoms with Crippen LogP contribution in [0.4, 0.5) is 15.8 Å². The molecular formula is C48H44FN7O9. The Morgan fingerprint density at radius 2 is 1.71 bits per heavy atom. The Bertz CT molecular complexity index is 3060. The molecule has 65 heavy (non-hydrogen) atoms. The van der Waals surface area contributed by atoms with Crippen molar-refractivity contribution in [1.29, 1.82) is 0 Å². The van der Waals surface area contributed by atoms with Gasteiger partial charge in [0.1, 0.15) is 23.7 Å². The van der Waals surface area contributed by atoms with Crippen LogP contribution in [0.3, 0.4) is 0 Å². The van der Waals surface area contributed by atoms with E-state index in [1.165, 1.54) is 30.6 Å². The molecule has 332 valence electrons. The van der Waals surface area contributed by atoms with Gasteiger partial charge in [0.2, 0.25) is 29.0 Å². The lowest BCUT2D eigenvalue weighted by atomic mass is 10.0. The zero-order valence-corrected chi connectivity index (χ0v) is 36.0. The van der Waals surface area contributed by atoms with Gasteiger partial charge in [-0.3, -0.25) is 43.8 Å². The highest BCUT2D eigenvalue weighted by molar-refractivity contribution is 6.26.